The van der Waals surface area contributed by atoms with Crippen molar-refractivity contribution < 1.29 is 9.47 Å². The van der Waals surface area contributed by atoms with Gasteiger partial charge in [0.15, 0.2) is 0 Å². The molecule has 100 valence electrons. The summed E-state index contributed by atoms with van der Waals surface area (Å²) in [6.45, 7) is 6.01. The van der Waals surface area contributed by atoms with Crippen LogP contribution in [0.25, 0.3) is 11.1 Å². The van der Waals surface area contributed by atoms with Gasteiger partial charge in [-0.2, -0.15) is 0 Å². The first-order chi connectivity index (χ1) is 9.17. The normalized spacial score (nSPS) is 18.6. The van der Waals surface area contributed by atoms with E-state index in [0.29, 0.717) is 0 Å². The molecule has 0 radical (unpaired) electrons. The largest absolute Gasteiger partial charge is 0.496 e. The van der Waals surface area contributed by atoms with Crippen LogP contribution in [0.15, 0.2) is 48.8 Å². The molecule has 2 nitrogen and oxygen atoms in total. The lowest BCUT2D eigenvalue weighted by Crippen LogP contribution is -2.17. The first kappa shape index (κ1) is 13.6. The van der Waals surface area contributed by atoms with Gasteiger partial charge in [0.05, 0.1) is 13.2 Å². The Morgan fingerprint density at radius 1 is 1.32 bits per heavy atom. The molecule has 0 N–H and O–H groups in total. The zero-order valence-electron chi connectivity index (χ0n) is 11.8. The molecule has 19 heavy (non-hydrogen) atoms. The third kappa shape index (κ3) is 2.79. The zero-order chi connectivity index (χ0) is 13.8. The number of hydrogen-bond donors (Lipinski definition) is 0. The quantitative estimate of drug-likeness (QED) is 0.809. The van der Waals surface area contributed by atoms with Gasteiger partial charge in [-0.25, -0.2) is 0 Å². The molecule has 2 heteroatoms. The lowest BCUT2D eigenvalue weighted by Gasteiger charge is -2.24. The fraction of sp³-hybridized carbons (Fsp3) is 0.294. The third-order valence-corrected chi connectivity index (χ3v) is 3.38. The number of benzene rings is 1. The smallest absolute Gasteiger partial charge is 0.124 e. The number of methoxy groups -OCH3 is 2. The summed E-state index contributed by atoms with van der Waals surface area (Å²) in [6, 6.07) is 8.35. The van der Waals surface area contributed by atoms with Gasteiger partial charge < -0.3 is 9.47 Å². The summed E-state index contributed by atoms with van der Waals surface area (Å²) in [5, 5.41) is 0. The number of rotatable bonds is 4. The van der Waals surface area contributed by atoms with E-state index in [1.807, 2.05) is 19.1 Å². The van der Waals surface area contributed by atoms with Gasteiger partial charge in [-0.3, -0.25) is 0 Å². The van der Waals surface area contributed by atoms with Crippen LogP contribution in [0.2, 0.25) is 0 Å². The van der Waals surface area contributed by atoms with E-state index >= 15 is 0 Å². The van der Waals surface area contributed by atoms with Crippen molar-refractivity contribution in [2.24, 2.45) is 0 Å². The standard InChI is InChI=1S/C17H20O2/c1-12(2)13-7-5-8-14(11-13)17-15(18-3)9-6-10-16(17)19-4/h5-9,11,16H,1,10H2,2-4H3. The van der Waals surface area contributed by atoms with Crippen LogP contribution in [0.5, 0.6) is 0 Å². The average Bonchev–Trinajstić information content (AvgIpc) is 2.46. The molecular formula is C17H20O2. The Kier molecular flexibility index (Phi) is 4.23. The Hall–Kier alpha value is -1.80. The lowest BCUT2D eigenvalue weighted by atomic mass is 9.91. The minimum atomic E-state index is 0.0420. The summed E-state index contributed by atoms with van der Waals surface area (Å²) < 4.78 is 11.1. The fourth-order valence-corrected chi connectivity index (χ4v) is 2.34. The van der Waals surface area contributed by atoms with Crippen molar-refractivity contribution in [1.82, 2.24) is 0 Å². The molecule has 2 rings (SSSR count). The zero-order valence-corrected chi connectivity index (χ0v) is 11.8. The van der Waals surface area contributed by atoms with Gasteiger partial charge in [0.1, 0.15) is 5.76 Å². The molecule has 0 saturated heterocycles. The predicted octanol–water partition coefficient (Wildman–Crippen LogP) is 4.05. The van der Waals surface area contributed by atoms with Gasteiger partial charge in [0, 0.05) is 12.7 Å². The first-order valence-electron chi connectivity index (χ1n) is 6.41. The second kappa shape index (κ2) is 5.89. The summed E-state index contributed by atoms with van der Waals surface area (Å²) >= 11 is 0. The molecule has 0 fully saturated rings. The summed E-state index contributed by atoms with van der Waals surface area (Å²) in [7, 11) is 3.43. The van der Waals surface area contributed by atoms with E-state index < -0.39 is 0 Å². The Morgan fingerprint density at radius 3 is 2.74 bits per heavy atom. The molecule has 0 saturated carbocycles. The van der Waals surface area contributed by atoms with E-state index in [-0.39, 0.29) is 6.10 Å². The Morgan fingerprint density at radius 2 is 2.11 bits per heavy atom. The van der Waals surface area contributed by atoms with Crippen LogP contribution in [-0.2, 0) is 9.47 Å². The van der Waals surface area contributed by atoms with Crippen LogP contribution >= 0.6 is 0 Å². The maximum atomic E-state index is 5.58. The molecule has 1 aliphatic carbocycles. The molecule has 0 aromatic heterocycles. The SMILES string of the molecule is C=C(C)c1cccc(C2=C(OC)C=CCC2OC)c1. The van der Waals surface area contributed by atoms with Crippen molar-refractivity contribution in [3.8, 4) is 0 Å². The monoisotopic (exact) mass is 256 g/mol. The molecule has 1 aromatic carbocycles. The van der Waals surface area contributed by atoms with Crippen molar-refractivity contribution >= 4 is 11.1 Å². The molecule has 0 amide bonds. The molecule has 1 atom stereocenters. The maximum Gasteiger partial charge on any atom is 0.124 e. The van der Waals surface area contributed by atoms with E-state index in [0.717, 1.165) is 34.5 Å². The molecule has 1 unspecified atom stereocenters. The summed E-state index contributed by atoms with van der Waals surface area (Å²) in [6.07, 6.45) is 5.01. The molecule has 0 bridgehead atoms. The summed E-state index contributed by atoms with van der Waals surface area (Å²) in [5.74, 6) is 0.872. The second-order valence-electron chi connectivity index (χ2n) is 4.71. The summed E-state index contributed by atoms with van der Waals surface area (Å²) in [5.41, 5.74) is 4.44. The van der Waals surface area contributed by atoms with Gasteiger partial charge in [-0.1, -0.05) is 36.4 Å². The molecular weight excluding hydrogens is 236 g/mol. The van der Waals surface area contributed by atoms with Gasteiger partial charge in [-0.05, 0) is 36.6 Å². The highest BCUT2D eigenvalue weighted by Gasteiger charge is 2.22. The van der Waals surface area contributed by atoms with E-state index in [1.165, 1.54) is 0 Å². The first-order valence-corrected chi connectivity index (χ1v) is 6.41. The number of allylic oxidation sites excluding steroid dienone is 2. The topological polar surface area (TPSA) is 18.5 Å². The van der Waals surface area contributed by atoms with Crippen LogP contribution in [-0.4, -0.2) is 20.3 Å². The van der Waals surface area contributed by atoms with E-state index in [4.69, 9.17) is 9.47 Å². The van der Waals surface area contributed by atoms with Crippen molar-refractivity contribution in [3.05, 3.63) is 59.9 Å². The van der Waals surface area contributed by atoms with Gasteiger partial charge in [-0.15, -0.1) is 0 Å². The molecule has 0 aliphatic heterocycles. The summed E-state index contributed by atoms with van der Waals surface area (Å²) in [4.78, 5) is 0. The third-order valence-electron chi connectivity index (χ3n) is 3.38. The van der Waals surface area contributed by atoms with Crippen LogP contribution in [0.1, 0.15) is 24.5 Å². The van der Waals surface area contributed by atoms with Crippen molar-refractivity contribution in [3.63, 3.8) is 0 Å². The van der Waals surface area contributed by atoms with Crippen LogP contribution in [0.4, 0.5) is 0 Å². The highest BCUT2D eigenvalue weighted by molar-refractivity contribution is 5.76. The maximum absolute atomic E-state index is 5.58. The fourth-order valence-electron chi connectivity index (χ4n) is 2.34. The minimum Gasteiger partial charge on any atom is -0.496 e. The highest BCUT2D eigenvalue weighted by atomic mass is 16.5. The Labute approximate surface area is 115 Å². The van der Waals surface area contributed by atoms with E-state index in [1.54, 1.807) is 14.2 Å². The van der Waals surface area contributed by atoms with E-state index in [9.17, 15) is 0 Å². The van der Waals surface area contributed by atoms with E-state index in [2.05, 4.69) is 30.9 Å². The van der Waals surface area contributed by atoms with Crippen LogP contribution in [0, 0.1) is 0 Å². The Balaban J connectivity index is 2.52. The molecule has 0 spiro atoms. The number of hydrogen-bond acceptors (Lipinski definition) is 2. The van der Waals surface area contributed by atoms with Crippen molar-refractivity contribution in [1.29, 1.82) is 0 Å². The van der Waals surface area contributed by atoms with Crippen LogP contribution in [0.3, 0.4) is 0 Å². The van der Waals surface area contributed by atoms with Gasteiger partial charge >= 0.3 is 0 Å². The molecule has 0 heterocycles. The second-order valence-corrected chi connectivity index (χ2v) is 4.71. The molecule has 1 aromatic rings. The lowest BCUT2D eigenvalue weighted by molar-refractivity contribution is 0.145. The highest BCUT2D eigenvalue weighted by Crippen LogP contribution is 2.32. The van der Waals surface area contributed by atoms with Gasteiger partial charge in [0.25, 0.3) is 0 Å². The molecule has 1 aliphatic rings. The average molecular weight is 256 g/mol. The van der Waals surface area contributed by atoms with Crippen LogP contribution < -0.4 is 0 Å². The van der Waals surface area contributed by atoms with Crippen molar-refractivity contribution in [2.45, 2.75) is 19.4 Å². The predicted molar refractivity (Wildman–Crippen MR) is 79.6 cm³/mol. The minimum absolute atomic E-state index is 0.0420. The Bertz CT molecular complexity index is 538. The van der Waals surface area contributed by atoms with Gasteiger partial charge in [0.2, 0.25) is 0 Å². The van der Waals surface area contributed by atoms with Crippen molar-refractivity contribution in [2.75, 3.05) is 14.2 Å². The number of ether oxygens (including phenoxy) is 2.